The molecule has 0 amide bonds. The number of carboxylic acid groups (broad SMARTS) is 1. The number of para-hydroxylation sites is 2. The lowest BCUT2D eigenvalue weighted by atomic mass is 9.48. The van der Waals surface area contributed by atoms with E-state index in [1.54, 1.807) is 101 Å². The lowest BCUT2D eigenvalue weighted by Crippen LogP contribution is -2.48. The van der Waals surface area contributed by atoms with E-state index in [0.29, 0.717) is 195 Å². The molecule has 5 aromatic carbocycles. The number of furan rings is 1. The van der Waals surface area contributed by atoms with Crippen LogP contribution in [0.4, 0.5) is 80.5 Å². The van der Waals surface area contributed by atoms with Crippen LogP contribution >= 0.6 is 0 Å². The predicted octanol–water partition coefficient (Wildman–Crippen LogP) is 13.2. The fourth-order valence-electron chi connectivity index (χ4n) is 17.9. The lowest BCUT2D eigenvalue weighted by molar-refractivity contribution is -0.00521. The molecule has 44 heteroatoms. The van der Waals surface area contributed by atoms with Gasteiger partial charge in [0.05, 0.1) is 154 Å². The molecule has 142 heavy (non-hydrogen) atoms. The Labute approximate surface area is 815 Å². The molecule has 20 rings (SSSR count). The fourth-order valence-corrected chi connectivity index (χ4v) is 17.9. The maximum Gasteiger partial charge on any atom is 0.335 e. The van der Waals surface area contributed by atoms with E-state index in [0.717, 1.165) is 67.5 Å². The maximum atomic E-state index is 14.2. The Morgan fingerprint density at radius 3 is 1.29 bits per heavy atom. The van der Waals surface area contributed by atoms with Crippen LogP contribution < -0.4 is 60.6 Å². The smallest absolute Gasteiger partial charge is 0.335 e. The summed E-state index contributed by atoms with van der Waals surface area (Å²) < 4.78 is 113. The second-order valence-corrected chi connectivity index (χ2v) is 33.9. The lowest BCUT2D eigenvalue weighted by Gasteiger charge is -2.57. The minimum absolute atomic E-state index is 0.00562. The number of rotatable bonds is 29. The van der Waals surface area contributed by atoms with Gasteiger partial charge in [-0.1, -0.05) is 30.3 Å². The van der Waals surface area contributed by atoms with Crippen molar-refractivity contribution >= 4 is 95.6 Å². The normalized spacial score (nSPS) is 18.3. The first kappa shape index (κ1) is 101. The number of hydrazone groups is 4. The first-order chi connectivity index (χ1) is 69.2. The summed E-state index contributed by atoms with van der Waals surface area (Å²) in [6.45, 7) is 19.4. The number of methoxy groups -OCH3 is 1. The quantitative estimate of drug-likeness (QED) is 0.0119. The van der Waals surface area contributed by atoms with Crippen LogP contribution in [0.5, 0.6) is 34.5 Å². The van der Waals surface area contributed by atoms with Gasteiger partial charge in [-0.25, -0.2) is 78.4 Å². The number of aromatic carboxylic acids is 1. The van der Waals surface area contributed by atoms with Crippen LogP contribution in [0.15, 0.2) is 170 Å². The molecule has 9 fully saturated rings. The molecule has 748 valence electrons. The van der Waals surface area contributed by atoms with Gasteiger partial charge in [0.25, 0.3) is 0 Å². The Bertz CT molecular complexity index is 6180. The highest BCUT2D eigenvalue weighted by Gasteiger charge is 2.52. The third kappa shape index (κ3) is 26.9. The van der Waals surface area contributed by atoms with Gasteiger partial charge < -0.3 is 92.5 Å². The number of halogens is 5. The third-order valence-electron chi connectivity index (χ3n) is 24.6. The van der Waals surface area contributed by atoms with E-state index in [2.05, 4.69) is 128 Å². The van der Waals surface area contributed by atoms with Crippen LogP contribution in [-0.2, 0) is 35.6 Å². The molecule has 9 N–H and O–H groups in total. The van der Waals surface area contributed by atoms with E-state index in [-0.39, 0.29) is 93.4 Å². The molecule has 0 radical (unpaired) electrons. The number of carbonyl (C=O) groups is 1. The Kier molecular flexibility index (Phi) is 35.4. The first-order valence-electron chi connectivity index (χ1n) is 46.7. The molecule has 5 aliphatic heterocycles. The highest BCUT2D eigenvalue weighted by Crippen LogP contribution is 2.61. The number of benzene rings is 5. The van der Waals surface area contributed by atoms with E-state index in [9.17, 15) is 47.2 Å². The zero-order valence-corrected chi connectivity index (χ0v) is 78.8. The van der Waals surface area contributed by atoms with Crippen molar-refractivity contribution in [3.63, 3.8) is 0 Å². The zero-order chi connectivity index (χ0) is 99.3. The van der Waals surface area contributed by atoms with Gasteiger partial charge in [-0.15, -0.1) is 0 Å². The van der Waals surface area contributed by atoms with E-state index in [1.165, 1.54) is 82.1 Å². The predicted molar refractivity (Wildman–Crippen MR) is 526 cm³/mol. The van der Waals surface area contributed by atoms with Gasteiger partial charge in [0, 0.05) is 118 Å². The van der Waals surface area contributed by atoms with Crippen molar-refractivity contribution < 1.29 is 89.9 Å². The van der Waals surface area contributed by atoms with Gasteiger partial charge in [0.15, 0.2) is 87.0 Å². The Morgan fingerprint density at radius 2 is 0.866 bits per heavy atom. The third-order valence-corrected chi connectivity index (χ3v) is 24.6. The first-order valence-corrected chi connectivity index (χ1v) is 46.7. The van der Waals surface area contributed by atoms with Crippen molar-refractivity contribution in [3.05, 3.63) is 214 Å². The summed E-state index contributed by atoms with van der Waals surface area (Å²) in [7, 11) is 1.47. The molecule has 4 saturated carbocycles. The molecule has 39 nitrogen and oxygen atoms in total. The van der Waals surface area contributed by atoms with Crippen LogP contribution in [0.25, 0.3) is 11.3 Å². The summed E-state index contributed by atoms with van der Waals surface area (Å²) in [4.78, 5) is 67.4. The molecule has 11 heterocycles. The minimum Gasteiger partial charge on any atom is -0.507 e. The monoisotopic (exact) mass is 1960 g/mol. The summed E-state index contributed by atoms with van der Waals surface area (Å²) in [5, 5.41) is 66.2. The Hall–Kier alpha value is -15.2. The summed E-state index contributed by atoms with van der Waals surface area (Å²) in [5.74, 6) is 3.48. The topological polar surface area (TPSA) is 454 Å². The molecular weight excluding hydrogens is 1850 g/mol. The van der Waals surface area contributed by atoms with Crippen molar-refractivity contribution in [2.45, 2.75) is 71.3 Å². The summed E-state index contributed by atoms with van der Waals surface area (Å²) in [5.41, 5.74) is 16.3. The standard InChI is InChI=1S/C25H30FN5O2.C21H19FN4O4.C19H25FN6O2.C17H20FN5O3.C16H18FN5O3/c26-21-15-27-24(29-23(21)31-3-5-33-6-4-31)30-28-14-19-10-20(1-2-22(19)32)25-11-16-7-17(12-25)9-18(8-16)13-25;22-17-12-24-19(25-20(17)26-6-8-29-9-7-26)13-23-11-16-4-5-18(30-16)14-2-1-3-15(10-14)21(27)28;1-3-25(4-2)15-6-5-14(17(27)11-15)12-22-24-19-21-13-16(20)18(23-19)26-7-9-28-10-8-26;1-2-26-14-5-3-4-12(15(14)24)10-20-22-17-19-11-13(18)16(21-17)23-6-8-25-9-7-23;1-24-13-4-2-3-11(14(13)23)9-19-21-16-18-10-12(17)15(20-16)22-5-7-25-8-6-22/h1-2,10,14-18,32H,3-9,11-13H2,(H,27,29,30);1-5,10-12H,6-9,13H2,(H,27,28);5-6,11-13,27H,3-4,7-10H2,1-2H3,(H,21,23,24);3-5,10-11,24H,2,6-9H2,1H3,(H,19,21,22);2-4,9-10,23H,5-8H2,1H3,(H,18,20,21)/b28-14-;;22-12-;20-10+;19-9-. The van der Waals surface area contributed by atoms with Crippen molar-refractivity contribution in [2.75, 3.05) is 209 Å². The van der Waals surface area contributed by atoms with Crippen LogP contribution in [0, 0.1) is 46.8 Å². The average Bonchev–Trinajstić information content (AvgIpc) is 0.733. The summed E-state index contributed by atoms with van der Waals surface area (Å²) >= 11 is 0. The van der Waals surface area contributed by atoms with Crippen molar-refractivity contribution in [1.82, 2.24) is 49.8 Å². The molecule has 5 saturated heterocycles. The second kappa shape index (κ2) is 49.6. The molecular formula is C98H112F5N25O14. The van der Waals surface area contributed by atoms with E-state index < -0.39 is 35.1 Å². The van der Waals surface area contributed by atoms with Gasteiger partial charge in [0.1, 0.15) is 23.0 Å². The van der Waals surface area contributed by atoms with Crippen LogP contribution in [-0.4, -0.2) is 271 Å². The van der Waals surface area contributed by atoms with Gasteiger partial charge in [-0.05, 0) is 161 Å². The zero-order valence-electron chi connectivity index (χ0n) is 78.8. The number of ether oxygens (including phenoxy) is 7. The van der Waals surface area contributed by atoms with E-state index >= 15 is 0 Å². The Balaban J connectivity index is 0.000000134. The number of carboxylic acids is 1. The van der Waals surface area contributed by atoms with Gasteiger partial charge in [-0.2, -0.15) is 40.3 Å². The molecule has 0 unspecified atom stereocenters. The number of morpholine rings is 5. The van der Waals surface area contributed by atoms with Crippen LogP contribution in [0.2, 0.25) is 0 Å². The van der Waals surface area contributed by atoms with Crippen molar-refractivity contribution in [3.8, 4) is 45.8 Å². The number of hydrogen-bond acceptors (Lipinski definition) is 38. The van der Waals surface area contributed by atoms with Gasteiger partial charge in [0.2, 0.25) is 23.8 Å². The summed E-state index contributed by atoms with van der Waals surface area (Å²) in [6, 6.07) is 31.5. The SMILES string of the molecule is CCN(CC)c1ccc(/C=N\Nc2ncc(F)c(N3CCOCC3)n2)c(O)c1.CCOc1cccc(/C=N/Nc2ncc(F)c(N3CCOCC3)n2)c1O.COc1cccc(/C=N\Nc2ncc(F)c(N3CCOCC3)n2)c1O.O=C(O)c1cccc(-c2ccc(C=NCc3ncc(F)c(N4CCOCC4)n3)o2)c1.Oc1ccc(C23CC4CC(CC(C4)C2)C3)cc1/C=N\Nc1ncc(F)c(N2CCOCC2)n1. The van der Waals surface area contributed by atoms with Crippen molar-refractivity contribution in [2.24, 2.45) is 43.2 Å². The number of phenols is 4. The van der Waals surface area contributed by atoms with Gasteiger partial charge in [-0.3, -0.25) is 4.99 Å². The maximum absolute atomic E-state index is 14.2. The number of anilines is 10. The van der Waals surface area contributed by atoms with Crippen LogP contribution in [0.1, 0.15) is 109 Å². The molecule has 9 aliphatic rings. The molecule has 6 aromatic heterocycles. The number of aliphatic imine (C=N–C) groups is 1. The fraction of sp³-hybridized carbons (Fsp3) is 0.388. The molecule has 11 aromatic rings. The average molecular weight is 1960 g/mol. The van der Waals surface area contributed by atoms with E-state index in [1.807, 2.05) is 27.7 Å². The second-order valence-electron chi connectivity index (χ2n) is 33.9. The Morgan fingerprint density at radius 1 is 0.458 bits per heavy atom. The number of hydrogen-bond donors (Lipinski definition) is 9. The molecule has 4 aliphatic carbocycles. The van der Waals surface area contributed by atoms with Crippen molar-refractivity contribution in [1.29, 1.82) is 0 Å². The summed E-state index contributed by atoms with van der Waals surface area (Å²) in [6.07, 6.45) is 21.1. The molecule has 0 spiro atoms. The minimum atomic E-state index is -0.999. The molecule has 4 bridgehead atoms. The molecule has 0 atom stereocenters. The number of nitrogens with zero attached hydrogens (tertiary/aromatic N) is 21. The number of aromatic nitrogens is 10. The largest absolute Gasteiger partial charge is 0.507 e. The van der Waals surface area contributed by atoms with Gasteiger partial charge >= 0.3 is 5.97 Å². The highest BCUT2D eigenvalue weighted by molar-refractivity contribution is 5.90. The van der Waals surface area contributed by atoms with E-state index in [4.69, 9.17) is 42.7 Å². The number of aromatic hydroxyl groups is 4. The number of phenolic OH excluding ortho intramolecular Hbond substituents is 4. The number of nitrogens with one attached hydrogen (secondary N) is 4. The van der Waals surface area contributed by atoms with Crippen LogP contribution in [0.3, 0.4) is 0 Å². The highest BCUT2D eigenvalue weighted by atomic mass is 19.1.